The molecule has 2 aliphatic rings. The zero-order valence-corrected chi connectivity index (χ0v) is 15.8. The minimum Gasteiger partial charge on any atom is -0.454 e. The van der Waals surface area contributed by atoms with Crippen LogP contribution in [-0.4, -0.2) is 23.6 Å². The van der Waals surface area contributed by atoms with E-state index in [0.29, 0.717) is 22.5 Å². The molecule has 0 bridgehead atoms. The lowest BCUT2D eigenvalue weighted by atomic mass is 10.1. The molecule has 0 atom stereocenters. The van der Waals surface area contributed by atoms with Crippen molar-refractivity contribution in [2.45, 2.75) is 38.3 Å². The third-order valence-corrected chi connectivity index (χ3v) is 5.47. The summed E-state index contributed by atoms with van der Waals surface area (Å²) in [6.07, 6.45) is 4.09. The molecule has 26 heavy (non-hydrogen) atoms. The van der Waals surface area contributed by atoms with Crippen LogP contribution >= 0.6 is 15.9 Å². The molecule has 0 spiro atoms. The standard InChI is InChI=1S/C20H19BrFNO3/c21-14-6-7-17(22)16(10-14)20(24)23(15-3-1-2-4-15)11-13-5-8-18-19(9-13)26-12-25-18/h5-10,15H,1-4,11-12H2. The second kappa shape index (κ2) is 7.27. The van der Waals surface area contributed by atoms with E-state index < -0.39 is 5.82 Å². The van der Waals surface area contributed by atoms with Gasteiger partial charge in [-0.15, -0.1) is 0 Å². The van der Waals surface area contributed by atoms with Crippen molar-refractivity contribution >= 4 is 21.8 Å². The van der Waals surface area contributed by atoms with Crippen molar-refractivity contribution in [3.63, 3.8) is 0 Å². The van der Waals surface area contributed by atoms with Crippen LogP contribution in [0.5, 0.6) is 11.5 Å². The van der Waals surface area contributed by atoms with E-state index >= 15 is 0 Å². The van der Waals surface area contributed by atoms with Crippen molar-refractivity contribution in [3.8, 4) is 11.5 Å². The Bertz CT molecular complexity index is 836. The van der Waals surface area contributed by atoms with Gasteiger partial charge in [0.05, 0.1) is 5.56 Å². The van der Waals surface area contributed by atoms with Gasteiger partial charge in [0.1, 0.15) is 5.82 Å². The highest BCUT2D eigenvalue weighted by Crippen LogP contribution is 2.34. The summed E-state index contributed by atoms with van der Waals surface area (Å²) in [5.74, 6) is 0.640. The van der Waals surface area contributed by atoms with E-state index in [4.69, 9.17) is 9.47 Å². The normalized spacial score (nSPS) is 16.1. The van der Waals surface area contributed by atoms with Crippen molar-refractivity contribution < 1.29 is 18.7 Å². The minimum atomic E-state index is -0.494. The van der Waals surface area contributed by atoms with Crippen LogP contribution in [0.3, 0.4) is 0 Å². The maximum atomic E-state index is 14.3. The third kappa shape index (κ3) is 3.43. The largest absolute Gasteiger partial charge is 0.454 e. The topological polar surface area (TPSA) is 38.8 Å². The van der Waals surface area contributed by atoms with Crippen LogP contribution < -0.4 is 9.47 Å². The number of amides is 1. The van der Waals surface area contributed by atoms with Crippen LogP contribution in [0.4, 0.5) is 4.39 Å². The Hall–Kier alpha value is -2.08. The molecule has 6 heteroatoms. The number of carbonyl (C=O) groups is 1. The molecule has 1 amide bonds. The smallest absolute Gasteiger partial charge is 0.257 e. The van der Waals surface area contributed by atoms with Gasteiger partial charge in [-0.05, 0) is 48.7 Å². The lowest BCUT2D eigenvalue weighted by Crippen LogP contribution is -2.38. The highest BCUT2D eigenvalue weighted by atomic mass is 79.9. The summed E-state index contributed by atoms with van der Waals surface area (Å²) in [5, 5.41) is 0. The summed E-state index contributed by atoms with van der Waals surface area (Å²) in [7, 11) is 0. The summed E-state index contributed by atoms with van der Waals surface area (Å²) >= 11 is 3.33. The monoisotopic (exact) mass is 419 g/mol. The average Bonchev–Trinajstić information content (AvgIpc) is 3.32. The quantitative estimate of drug-likeness (QED) is 0.706. The van der Waals surface area contributed by atoms with Gasteiger partial charge in [0.2, 0.25) is 6.79 Å². The number of rotatable bonds is 4. The summed E-state index contributed by atoms with van der Waals surface area (Å²) in [6, 6.07) is 10.3. The first-order chi connectivity index (χ1) is 12.6. The van der Waals surface area contributed by atoms with Crippen LogP contribution in [0.2, 0.25) is 0 Å². The van der Waals surface area contributed by atoms with E-state index in [-0.39, 0.29) is 24.3 Å². The van der Waals surface area contributed by atoms with Crippen LogP contribution in [0.1, 0.15) is 41.6 Å². The van der Waals surface area contributed by atoms with Crippen molar-refractivity contribution in [2.75, 3.05) is 6.79 Å². The molecule has 0 unspecified atom stereocenters. The molecule has 1 saturated carbocycles. The molecule has 1 heterocycles. The van der Waals surface area contributed by atoms with E-state index in [1.165, 1.54) is 6.07 Å². The lowest BCUT2D eigenvalue weighted by Gasteiger charge is -2.29. The molecule has 1 aliphatic heterocycles. The number of carbonyl (C=O) groups excluding carboxylic acids is 1. The van der Waals surface area contributed by atoms with Crippen molar-refractivity contribution in [1.29, 1.82) is 0 Å². The average molecular weight is 420 g/mol. The maximum Gasteiger partial charge on any atom is 0.257 e. The van der Waals surface area contributed by atoms with Gasteiger partial charge >= 0.3 is 0 Å². The number of hydrogen-bond donors (Lipinski definition) is 0. The Kier molecular flexibility index (Phi) is 4.85. The number of fused-ring (bicyclic) bond motifs is 1. The van der Waals surface area contributed by atoms with Gasteiger partial charge < -0.3 is 14.4 Å². The molecule has 136 valence electrons. The summed E-state index contributed by atoms with van der Waals surface area (Å²) in [4.78, 5) is 15.0. The Morgan fingerprint density at radius 1 is 1.12 bits per heavy atom. The van der Waals surface area contributed by atoms with E-state index in [0.717, 1.165) is 31.2 Å². The minimum absolute atomic E-state index is 0.104. The molecular formula is C20H19BrFNO3. The number of halogens is 2. The number of hydrogen-bond acceptors (Lipinski definition) is 3. The molecule has 0 saturated heterocycles. The Labute approximate surface area is 160 Å². The predicted molar refractivity (Wildman–Crippen MR) is 98.8 cm³/mol. The van der Waals surface area contributed by atoms with Gasteiger partial charge in [0, 0.05) is 17.1 Å². The first-order valence-electron chi connectivity index (χ1n) is 8.76. The fraction of sp³-hybridized carbons (Fsp3) is 0.350. The fourth-order valence-corrected chi connectivity index (χ4v) is 4.00. The zero-order valence-electron chi connectivity index (χ0n) is 14.2. The zero-order chi connectivity index (χ0) is 18.1. The highest BCUT2D eigenvalue weighted by Gasteiger charge is 2.29. The first kappa shape index (κ1) is 17.3. The fourth-order valence-electron chi connectivity index (χ4n) is 3.63. The van der Waals surface area contributed by atoms with Gasteiger partial charge in [-0.1, -0.05) is 34.8 Å². The Morgan fingerprint density at radius 2 is 1.88 bits per heavy atom. The first-order valence-corrected chi connectivity index (χ1v) is 9.55. The van der Waals surface area contributed by atoms with Crippen LogP contribution in [0.15, 0.2) is 40.9 Å². The Morgan fingerprint density at radius 3 is 2.69 bits per heavy atom. The molecule has 4 nitrogen and oxygen atoms in total. The van der Waals surface area contributed by atoms with E-state index in [2.05, 4.69) is 15.9 Å². The van der Waals surface area contributed by atoms with Crippen molar-refractivity contribution in [1.82, 2.24) is 4.90 Å². The van der Waals surface area contributed by atoms with Crippen LogP contribution in [0, 0.1) is 5.82 Å². The van der Waals surface area contributed by atoms with E-state index in [1.807, 2.05) is 18.2 Å². The maximum absolute atomic E-state index is 14.3. The summed E-state index contributed by atoms with van der Waals surface area (Å²) in [6.45, 7) is 0.638. The molecule has 0 N–H and O–H groups in total. The molecule has 1 fully saturated rings. The van der Waals surface area contributed by atoms with Crippen LogP contribution in [0.25, 0.3) is 0 Å². The molecule has 2 aromatic carbocycles. The summed E-state index contributed by atoms with van der Waals surface area (Å²) < 4.78 is 25.8. The van der Waals surface area contributed by atoms with Gasteiger partial charge in [-0.25, -0.2) is 4.39 Å². The Balaban J connectivity index is 1.64. The number of nitrogens with zero attached hydrogens (tertiary/aromatic N) is 1. The van der Waals surface area contributed by atoms with Gasteiger partial charge in [0.25, 0.3) is 5.91 Å². The van der Waals surface area contributed by atoms with Gasteiger partial charge in [0.15, 0.2) is 11.5 Å². The molecule has 2 aromatic rings. The third-order valence-electron chi connectivity index (χ3n) is 4.98. The summed E-state index contributed by atoms with van der Waals surface area (Å²) in [5.41, 5.74) is 1.05. The van der Waals surface area contributed by atoms with E-state index in [1.54, 1.807) is 17.0 Å². The van der Waals surface area contributed by atoms with Gasteiger partial charge in [-0.3, -0.25) is 4.79 Å². The molecule has 1 aliphatic carbocycles. The predicted octanol–water partition coefficient (Wildman–Crippen LogP) is 4.90. The molecule has 0 radical (unpaired) electrons. The van der Waals surface area contributed by atoms with E-state index in [9.17, 15) is 9.18 Å². The number of ether oxygens (including phenoxy) is 2. The molecular weight excluding hydrogens is 401 g/mol. The van der Waals surface area contributed by atoms with Gasteiger partial charge in [-0.2, -0.15) is 0 Å². The second-order valence-electron chi connectivity index (χ2n) is 6.68. The molecule has 4 rings (SSSR count). The second-order valence-corrected chi connectivity index (χ2v) is 7.60. The lowest BCUT2D eigenvalue weighted by molar-refractivity contribution is 0.0659. The molecule has 0 aromatic heterocycles. The SMILES string of the molecule is O=C(c1cc(Br)ccc1F)N(Cc1ccc2c(c1)OCO2)C1CCCC1. The number of benzene rings is 2. The highest BCUT2D eigenvalue weighted by molar-refractivity contribution is 9.10. The van der Waals surface area contributed by atoms with Crippen molar-refractivity contribution in [3.05, 3.63) is 57.8 Å². The van der Waals surface area contributed by atoms with Crippen LogP contribution in [-0.2, 0) is 6.54 Å². The van der Waals surface area contributed by atoms with Crippen molar-refractivity contribution in [2.24, 2.45) is 0 Å².